The summed E-state index contributed by atoms with van der Waals surface area (Å²) in [5.74, 6) is 0.0867. The Bertz CT molecular complexity index is 745. The van der Waals surface area contributed by atoms with Gasteiger partial charge in [-0.25, -0.2) is 8.42 Å². The molecule has 1 aromatic rings. The van der Waals surface area contributed by atoms with E-state index in [2.05, 4.69) is 0 Å². The molecule has 1 aromatic carbocycles. The van der Waals surface area contributed by atoms with Gasteiger partial charge in [0.15, 0.2) is 0 Å². The van der Waals surface area contributed by atoms with Crippen LogP contribution in [0.5, 0.6) is 0 Å². The maximum Gasteiger partial charge on any atom is 0.230 e. The van der Waals surface area contributed by atoms with E-state index in [1.807, 2.05) is 42.2 Å². The third kappa shape index (κ3) is 2.30. The zero-order valence-electron chi connectivity index (χ0n) is 14.0. The first-order valence-corrected chi connectivity index (χ1v) is 10.3. The highest BCUT2D eigenvalue weighted by Gasteiger charge is 2.59. The van der Waals surface area contributed by atoms with E-state index in [0.717, 1.165) is 31.4 Å². The molecule has 1 amide bonds. The molecule has 130 valence electrons. The van der Waals surface area contributed by atoms with Crippen molar-refractivity contribution in [1.82, 2.24) is 9.21 Å². The number of rotatable bonds is 4. The van der Waals surface area contributed by atoms with Gasteiger partial charge in [0.1, 0.15) is 0 Å². The van der Waals surface area contributed by atoms with Crippen molar-refractivity contribution in [2.75, 3.05) is 26.2 Å². The predicted octanol–water partition coefficient (Wildman–Crippen LogP) is 1.82. The molecule has 4 rings (SSSR count). The molecule has 1 spiro atoms. The van der Waals surface area contributed by atoms with Crippen LogP contribution in [0.3, 0.4) is 0 Å². The summed E-state index contributed by atoms with van der Waals surface area (Å²) in [6, 6.07) is 9.96. The number of sulfonamides is 1. The monoisotopic (exact) mass is 348 g/mol. The van der Waals surface area contributed by atoms with E-state index in [9.17, 15) is 13.2 Å². The van der Waals surface area contributed by atoms with Crippen LogP contribution in [0.1, 0.15) is 37.7 Å². The maximum absolute atomic E-state index is 13.1. The van der Waals surface area contributed by atoms with Crippen LogP contribution >= 0.6 is 0 Å². The van der Waals surface area contributed by atoms with Gasteiger partial charge in [0.05, 0.1) is 10.7 Å². The Morgan fingerprint density at radius 2 is 1.92 bits per heavy atom. The predicted molar refractivity (Wildman–Crippen MR) is 92.0 cm³/mol. The highest BCUT2D eigenvalue weighted by atomic mass is 32.2. The van der Waals surface area contributed by atoms with Crippen LogP contribution in [0.4, 0.5) is 0 Å². The molecule has 0 N–H and O–H groups in total. The van der Waals surface area contributed by atoms with Crippen molar-refractivity contribution < 1.29 is 13.2 Å². The van der Waals surface area contributed by atoms with Crippen molar-refractivity contribution in [2.45, 2.75) is 37.4 Å². The summed E-state index contributed by atoms with van der Waals surface area (Å²) < 4.78 is 27.2. The van der Waals surface area contributed by atoms with Crippen LogP contribution in [0.2, 0.25) is 0 Å². The standard InChI is InChI=1S/C18H24N2O3S/c1-2-19-11-10-18(17(19)21)13-20(24(22,23)15-8-9-15)12-16(18)14-6-4-3-5-7-14/h3-7,15-16H,2,8-13H2,1H3/t16-,18+/m1/s1. The van der Waals surface area contributed by atoms with Crippen LogP contribution < -0.4 is 0 Å². The number of carbonyl (C=O) groups excluding carboxylic acids is 1. The third-order valence-corrected chi connectivity index (χ3v) is 8.25. The first kappa shape index (κ1) is 16.1. The van der Waals surface area contributed by atoms with Crippen molar-refractivity contribution >= 4 is 15.9 Å². The zero-order valence-corrected chi connectivity index (χ0v) is 14.8. The number of carbonyl (C=O) groups is 1. The quantitative estimate of drug-likeness (QED) is 0.834. The number of amides is 1. The second-order valence-corrected chi connectivity index (χ2v) is 9.50. The molecule has 0 bridgehead atoms. The highest BCUT2D eigenvalue weighted by molar-refractivity contribution is 7.90. The fourth-order valence-corrected chi connectivity index (χ4v) is 6.30. The van der Waals surface area contributed by atoms with Crippen molar-refractivity contribution in [1.29, 1.82) is 0 Å². The third-order valence-electron chi connectivity index (χ3n) is 5.94. The normalized spacial score (nSPS) is 31.3. The van der Waals surface area contributed by atoms with E-state index >= 15 is 0 Å². The molecule has 0 radical (unpaired) electrons. The van der Waals surface area contributed by atoms with E-state index in [1.165, 1.54) is 0 Å². The maximum atomic E-state index is 13.1. The van der Waals surface area contributed by atoms with Gasteiger partial charge in [-0.3, -0.25) is 4.79 Å². The molecule has 5 nitrogen and oxygen atoms in total. The molecular formula is C18H24N2O3S. The molecule has 1 saturated carbocycles. The Labute approximate surface area is 143 Å². The summed E-state index contributed by atoms with van der Waals surface area (Å²) in [5, 5.41) is -0.220. The van der Waals surface area contributed by atoms with Crippen molar-refractivity contribution in [3.63, 3.8) is 0 Å². The van der Waals surface area contributed by atoms with Crippen LogP contribution in [0.25, 0.3) is 0 Å². The molecule has 0 aromatic heterocycles. The topological polar surface area (TPSA) is 57.7 Å². The lowest BCUT2D eigenvalue weighted by Gasteiger charge is -2.29. The van der Waals surface area contributed by atoms with Gasteiger partial charge in [-0.15, -0.1) is 0 Å². The number of hydrogen-bond acceptors (Lipinski definition) is 3. The lowest BCUT2D eigenvalue weighted by Crippen LogP contribution is -2.40. The molecule has 1 aliphatic carbocycles. The Morgan fingerprint density at radius 1 is 1.21 bits per heavy atom. The Kier molecular flexibility index (Phi) is 3.73. The van der Waals surface area contributed by atoms with Gasteiger partial charge < -0.3 is 4.90 Å². The Morgan fingerprint density at radius 3 is 2.50 bits per heavy atom. The van der Waals surface area contributed by atoms with E-state index in [-0.39, 0.29) is 17.1 Å². The largest absolute Gasteiger partial charge is 0.342 e. The molecule has 2 saturated heterocycles. The Balaban J connectivity index is 1.73. The fourth-order valence-electron chi connectivity index (χ4n) is 4.38. The van der Waals surface area contributed by atoms with Crippen molar-refractivity contribution in [3.05, 3.63) is 35.9 Å². The van der Waals surface area contributed by atoms with Crippen molar-refractivity contribution in [3.8, 4) is 0 Å². The molecule has 3 aliphatic rings. The van der Waals surface area contributed by atoms with Crippen molar-refractivity contribution in [2.24, 2.45) is 5.41 Å². The molecule has 2 atom stereocenters. The van der Waals surface area contributed by atoms with Gasteiger partial charge in [0, 0.05) is 32.1 Å². The van der Waals surface area contributed by atoms with Crippen LogP contribution in [-0.4, -0.2) is 55.0 Å². The minimum atomic E-state index is -3.25. The van der Waals surface area contributed by atoms with Crippen LogP contribution in [-0.2, 0) is 14.8 Å². The van der Waals surface area contributed by atoms with Gasteiger partial charge in [-0.2, -0.15) is 4.31 Å². The second kappa shape index (κ2) is 5.56. The molecule has 2 aliphatic heterocycles. The SMILES string of the molecule is CCN1CC[C@@]2(CN(S(=O)(=O)C3CC3)C[C@@H]2c2ccccc2)C1=O. The summed E-state index contributed by atoms with van der Waals surface area (Å²) >= 11 is 0. The number of benzene rings is 1. The molecule has 0 unspecified atom stereocenters. The van der Waals surface area contributed by atoms with Gasteiger partial charge >= 0.3 is 0 Å². The van der Waals surface area contributed by atoms with Gasteiger partial charge in [-0.1, -0.05) is 30.3 Å². The van der Waals surface area contributed by atoms with Gasteiger partial charge in [0.2, 0.25) is 15.9 Å². The molecule has 2 heterocycles. The first-order valence-electron chi connectivity index (χ1n) is 8.82. The molecule has 24 heavy (non-hydrogen) atoms. The minimum absolute atomic E-state index is 0.0451. The molecule has 6 heteroatoms. The van der Waals surface area contributed by atoms with E-state index in [0.29, 0.717) is 19.6 Å². The second-order valence-electron chi connectivity index (χ2n) is 7.29. The summed E-state index contributed by atoms with van der Waals surface area (Å²) in [6.07, 6.45) is 2.27. The van der Waals surface area contributed by atoms with Crippen LogP contribution in [0, 0.1) is 5.41 Å². The lowest BCUT2D eigenvalue weighted by atomic mass is 9.73. The van der Waals surface area contributed by atoms with Gasteiger partial charge in [-0.05, 0) is 31.7 Å². The minimum Gasteiger partial charge on any atom is -0.342 e. The summed E-state index contributed by atoms with van der Waals surface area (Å²) in [5.41, 5.74) is 0.497. The Hall–Kier alpha value is -1.40. The zero-order chi connectivity index (χ0) is 16.9. The number of likely N-dealkylation sites (tertiary alicyclic amines) is 1. The molecule has 3 fully saturated rings. The number of nitrogens with zero attached hydrogens (tertiary/aromatic N) is 2. The highest BCUT2D eigenvalue weighted by Crippen LogP contribution is 2.51. The fraction of sp³-hybridized carbons (Fsp3) is 0.611. The summed E-state index contributed by atoms with van der Waals surface area (Å²) in [4.78, 5) is 15.0. The van der Waals surface area contributed by atoms with E-state index < -0.39 is 15.4 Å². The average molecular weight is 348 g/mol. The van der Waals surface area contributed by atoms with Gasteiger partial charge in [0.25, 0.3) is 0 Å². The first-order chi connectivity index (χ1) is 11.5. The lowest BCUT2D eigenvalue weighted by molar-refractivity contribution is -0.135. The number of hydrogen-bond donors (Lipinski definition) is 0. The smallest absolute Gasteiger partial charge is 0.230 e. The summed E-state index contributed by atoms with van der Waals surface area (Å²) in [6.45, 7) is 4.20. The van der Waals surface area contributed by atoms with E-state index in [1.54, 1.807) is 4.31 Å². The van der Waals surface area contributed by atoms with E-state index in [4.69, 9.17) is 0 Å². The average Bonchev–Trinajstić information content (AvgIpc) is 3.31. The van der Waals surface area contributed by atoms with Crippen LogP contribution in [0.15, 0.2) is 30.3 Å². The molecular weight excluding hydrogens is 324 g/mol. The summed E-state index contributed by atoms with van der Waals surface area (Å²) in [7, 11) is -3.25.